The van der Waals surface area contributed by atoms with Crippen molar-refractivity contribution in [2.45, 2.75) is 24.1 Å². The van der Waals surface area contributed by atoms with Crippen LogP contribution in [0, 0.1) is 0 Å². The highest BCUT2D eigenvalue weighted by Crippen LogP contribution is 2.25. The molecular weight excluding hydrogens is 311 g/mol. The quantitative estimate of drug-likeness (QED) is 0.581. The van der Waals surface area contributed by atoms with E-state index in [1.54, 1.807) is 6.92 Å². The second-order valence-electron chi connectivity index (χ2n) is 4.19. The highest BCUT2D eigenvalue weighted by atomic mass is 32.2. The summed E-state index contributed by atoms with van der Waals surface area (Å²) in [7, 11) is -3.75. The first kappa shape index (κ1) is 17.5. The van der Waals surface area contributed by atoms with E-state index in [9.17, 15) is 21.6 Å². The van der Waals surface area contributed by atoms with Crippen LogP contribution in [0.3, 0.4) is 0 Å². The molecule has 0 heterocycles. The Morgan fingerprint density at radius 2 is 2.00 bits per heavy atom. The van der Waals surface area contributed by atoms with Crippen LogP contribution in [0.4, 0.5) is 24.5 Å². The van der Waals surface area contributed by atoms with Crippen molar-refractivity contribution >= 4 is 21.4 Å². The van der Waals surface area contributed by atoms with Crippen molar-refractivity contribution in [2.75, 3.05) is 24.1 Å². The Labute approximate surface area is 120 Å². The summed E-state index contributed by atoms with van der Waals surface area (Å²) in [6.07, 6.45) is -7.35. The number of benzene rings is 1. The van der Waals surface area contributed by atoms with Crippen molar-refractivity contribution in [1.29, 1.82) is 0 Å². The van der Waals surface area contributed by atoms with Gasteiger partial charge in [-0.25, -0.2) is 13.1 Å². The SMILES string of the molecule is CCNS(=O)(=O)c1ccc(N)c(NCC(O)C(F)(F)F)c1. The molecule has 1 atom stereocenters. The maximum Gasteiger partial charge on any atom is 0.416 e. The number of alkyl halides is 3. The number of nitrogen functional groups attached to an aromatic ring is 1. The van der Waals surface area contributed by atoms with Crippen molar-refractivity contribution in [1.82, 2.24) is 4.72 Å². The predicted molar refractivity (Wildman–Crippen MR) is 72.3 cm³/mol. The predicted octanol–water partition coefficient (Wildman–Crippen LogP) is 0.902. The van der Waals surface area contributed by atoms with E-state index in [0.29, 0.717) is 0 Å². The van der Waals surface area contributed by atoms with Gasteiger partial charge in [-0.15, -0.1) is 0 Å². The maximum atomic E-state index is 12.2. The molecule has 0 aliphatic carbocycles. The van der Waals surface area contributed by atoms with Crippen molar-refractivity contribution in [3.05, 3.63) is 18.2 Å². The summed E-state index contributed by atoms with van der Waals surface area (Å²) >= 11 is 0. The lowest BCUT2D eigenvalue weighted by molar-refractivity contribution is -0.198. The zero-order chi connectivity index (χ0) is 16.3. The monoisotopic (exact) mass is 327 g/mol. The number of rotatable bonds is 6. The molecule has 0 radical (unpaired) electrons. The third kappa shape index (κ3) is 4.76. The number of anilines is 2. The fraction of sp³-hybridized carbons (Fsp3) is 0.455. The molecule has 1 rings (SSSR count). The molecule has 0 spiro atoms. The number of nitrogens with two attached hydrogens (primary N) is 1. The smallest absolute Gasteiger partial charge is 0.397 e. The highest BCUT2D eigenvalue weighted by Gasteiger charge is 2.37. The van der Waals surface area contributed by atoms with E-state index >= 15 is 0 Å². The topological polar surface area (TPSA) is 104 Å². The van der Waals surface area contributed by atoms with E-state index in [1.807, 2.05) is 0 Å². The Bertz CT molecular complexity index is 590. The number of sulfonamides is 1. The number of aliphatic hydroxyl groups is 1. The second kappa shape index (κ2) is 6.50. The Hall–Kier alpha value is -1.52. The number of nitrogens with one attached hydrogen (secondary N) is 2. The van der Waals surface area contributed by atoms with E-state index < -0.39 is 28.8 Å². The van der Waals surface area contributed by atoms with Crippen LogP contribution in [0.1, 0.15) is 6.92 Å². The van der Waals surface area contributed by atoms with Gasteiger partial charge in [-0.05, 0) is 18.2 Å². The van der Waals surface area contributed by atoms with Gasteiger partial charge in [0, 0.05) is 13.1 Å². The molecule has 21 heavy (non-hydrogen) atoms. The summed E-state index contributed by atoms with van der Waals surface area (Å²) in [5.41, 5.74) is 5.63. The minimum Gasteiger partial charge on any atom is -0.397 e. The Morgan fingerprint density at radius 3 is 2.52 bits per heavy atom. The van der Waals surface area contributed by atoms with Gasteiger partial charge >= 0.3 is 6.18 Å². The minimum atomic E-state index is -4.77. The molecule has 120 valence electrons. The molecule has 1 aromatic rings. The maximum absolute atomic E-state index is 12.2. The Balaban J connectivity index is 2.94. The largest absolute Gasteiger partial charge is 0.416 e. The summed E-state index contributed by atoms with van der Waals surface area (Å²) in [4.78, 5) is -0.137. The third-order valence-electron chi connectivity index (χ3n) is 2.53. The highest BCUT2D eigenvalue weighted by molar-refractivity contribution is 7.89. The van der Waals surface area contributed by atoms with Crippen molar-refractivity contribution in [3.8, 4) is 0 Å². The number of aliphatic hydroxyl groups excluding tert-OH is 1. The van der Waals surface area contributed by atoms with Gasteiger partial charge in [0.05, 0.1) is 16.3 Å². The summed E-state index contributed by atoms with van der Waals surface area (Å²) in [6.45, 7) is 0.925. The van der Waals surface area contributed by atoms with E-state index in [-0.39, 0.29) is 22.8 Å². The molecule has 0 saturated heterocycles. The van der Waals surface area contributed by atoms with Gasteiger partial charge in [0.2, 0.25) is 10.0 Å². The lowest BCUT2D eigenvalue weighted by Crippen LogP contribution is -2.35. The van der Waals surface area contributed by atoms with Crippen LogP contribution < -0.4 is 15.8 Å². The fourth-order valence-corrected chi connectivity index (χ4v) is 2.52. The van der Waals surface area contributed by atoms with Gasteiger partial charge in [0.25, 0.3) is 0 Å². The van der Waals surface area contributed by atoms with Crippen molar-refractivity contribution < 1.29 is 26.7 Å². The van der Waals surface area contributed by atoms with Gasteiger partial charge in [0.15, 0.2) is 6.10 Å². The first-order valence-corrected chi connectivity index (χ1v) is 7.44. The second-order valence-corrected chi connectivity index (χ2v) is 5.96. The molecule has 0 aliphatic rings. The summed E-state index contributed by atoms with van der Waals surface area (Å²) in [6, 6.07) is 3.60. The van der Waals surface area contributed by atoms with Crippen LogP contribution in [-0.4, -0.2) is 38.9 Å². The minimum absolute atomic E-state index is 0.00252. The average Bonchev–Trinajstić information content (AvgIpc) is 2.35. The number of hydrogen-bond donors (Lipinski definition) is 4. The molecule has 0 saturated carbocycles. The molecule has 1 unspecified atom stereocenters. The van der Waals surface area contributed by atoms with Crippen molar-refractivity contribution in [2.24, 2.45) is 0 Å². The molecule has 0 aliphatic heterocycles. The van der Waals surface area contributed by atoms with Gasteiger partial charge in [0.1, 0.15) is 0 Å². The number of halogens is 3. The summed E-state index contributed by atoms with van der Waals surface area (Å²) in [5, 5.41) is 11.2. The molecule has 0 aromatic heterocycles. The van der Waals surface area contributed by atoms with Crippen LogP contribution in [-0.2, 0) is 10.0 Å². The van der Waals surface area contributed by atoms with E-state index in [0.717, 1.165) is 6.07 Å². The Morgan fingerprint density at radius 1 is 1.38 bits per heavy atom. The standard InChI is InChI=1S/C11H16F3N3O3S/c1-2-17-21(19,20)7-3-4-8(15)9(5-7)16-6-10(18)11(12,13)14/h3-5,10,16-18H,2,6,15H2,1H3. The number of hydrogen-bond acceptors (Lipinski definition) is 5. The van der Waals surface area contributed by atoms with Gasteiger partial charge in [-0.2, -0.15) is 13.2 Å². The summed E-state index contributed by atoms with van der Waals surface area (Å²) in [5.74, 6) is 0. The molecular formula is C11H16F3N3O3S. The first-order valence-electron chi connectivity index (χ1n) is 5.95. The van der Waals surface area contributed by atoms with Crippen LogP contribution in [0.5, 0.6) is 0 Å². The lowest BCUT2D eigenvalue weighted by Gasteiger charge is -2.17. The third-order valence-corrected chi connectivity index (χ3v) is 4.08. The van der Waals surface area contributed by atoms with E-state index in [2.05, 4.69) is 10.0 Å². The van der Waals surface area contributed by atoms with E-state index in [1.165, 1.54) is 12.1 Å². The zero-order valence-electron chi connectivity index (χ0n) is 11.1. The van der Waals surface area contributed by atoms with Crippen molar-refractivity contribution in [3.63, 3.8) is 0 Å². The molecule has 6 nitrogen and oxygen atoms in total. The van der Waals surface area contributed by atoms with Crippen LogP contribution in [0.2, 0.25) is 0 Å². The average molecular weight is 327 g/mol. The van der Waals surface area contributed by atoms with Gasteiger partial charge < -0.3 is 16.2 Å². The molecule has 5 N–H and O–H groups in total. The molecule has 10 heteroatoms. The van der Waals surface area contributed by atoms with Crippen LogP contribution in [0.15, 0.2) is 23.1 Å². The van der Waals surface area contributed by atoms with Crippen LogP contribution >= 0.6 is 0 Å². The van der Waals surface area contributed by atoms with E-state index in [4.69, 9.17) is 10.8 Å². The van der Waals surface area contributed by atoms with Gasteiger partial charge in [-0.3, -0.25) is 0 Å². The first-order chi connectivity index (χ1) is 9.58. The zero-order valence-corrected chi connectivity index (χ0v) is 11.9. The molecule has 0 fully saturated rings. The molecule has 1 aromatic carbocycles. The van der Waals surface area contributed by atoms with Gasteiger partial charge in [-0.1, -0.05) is 6.92 Å². The Kier molecular flexibility index (Phi) is 5.42. The summed E-state index contributed by atoms with van der Waals surface area (Å²) < 4.78 is 62.4. The lowest BCUT2D eigenvalue weighted by atomic mass is 10.2. The fourth-order valence-electron chi connectivity index (χ4n) is 1.45. The molecule has 0 bridgehead atoms. The van der Waals surface area contributed by atoms with Crippen LogP contribution in [0.25, 0.3) is 0 Å². The normalized spacial score (nSPS) is 14.0. The molecule has 0 amide bonds.